The zero-order chi connectivity index (χ0) is 10.4. The normalized spacial score (nSPS) is 19.0. The summed E-state index contributed by atoms with van der Waals surface area (Å²) in [4.78, 5) is 2.24. The van der Waals surface area contributed by atoms with Gasteiger partial charge in [-0.05, 0) is 19.3 Å². The van der Waals surface area contributed by atoms with Crippen LogP contribution in [0.2, 0.25) is 0 Å². The van der Waals surface area contributed by atoms with Gasteiger partial charge in [0.1, 0.15) is 5.38 Å². The van der Waals surface area contributed by atoms with E-state index in [0.717, 1.165) is 13.0 Å². The lowest BCUT2D eigenvalue weighted by Crippen LogP contribution is -2.43. The van der Waals surface area contributed by atoms with E-state index >= 15 is 0 Å². The van der Waals surface area contributed by atoms with Gasteiger partial charge < -0.3 is 5.11 Å². The predicted octanol–water partition coefficient (Wildman–Crippen LogP) is 1.35. The summed E-state index contributed by atoms with van der Waals surface area (Å²) in [6.45, 7) is 1.69. The van der Waals surface area contributed by atoms with E-state index in [1.165, 1.54) is 19.3 Å². The van der Waals surface area contributed by atoms with Crippen LogP contribution in [-0.2, 0) is 0 Å². The second-order valence-corrected chi connectivity index (χ2v) is 4.28. The fourth-order valence-electron chi connectivity index (χ4n) is 1.70. The highest BCUT2D eigenvalue weighted by molar-refractivity contribution is 6.22. The monoisotopic (exact) mass is 216 g/mol. The number of nitriles is 1. The first-order valence-electron chi connectivity index (χ1n) is 5.16. The number of rotatable bonds is 6. The Kier molecular flexibility index (Phi) is 5.24. The lowest BCUT2D eigenvalue weighted by atomic mass is 9.91. The zero-order valence-corrected chi connectivity index (χ0v) is 9.08. The van der Waals surface area contributed by atoms with Gasteiger partial charge in [-0.1, -0.05) is 6.42 Å². The molecule has 0 heterocycles. The van der Waals surface area contributed by atoms with Crippen LogP contribution >= 0.6 is 11.6 Å². The summed E-state index contributed by atoms with van der Waals surface area (Å²) in [5.74, 6) is 0. The minimum absolute atomic E-state index is 0.211. The van der Waals surface area contributed by atoms with E-state index in [4.69, 9.17) is 22.0 Å². The molecule has 0 saturated heterocycles. The maximum Gasteiger partial charge on any atom is 0.133 e. The average molecular weight is 217 g/mol. The molecule has 0 aromatic carbocycles. The van der Waals surface area contributed by atoms with Crippen LogP contribution in [0.4, 0.5) is 0 Å². The fourth-order valence-corrected chi connectivity index (χ4v) is 1.87. The van der Waals surface area contributed by atoms with Crippen molar-refractivity contribution in [3.8, 4) is 6.07 Å². The van der Waals surface area contributed by atoms with E-state index in [1.807, 2.05) is 6.07 Å². The van der Waals surface area contributed by atoms with Crippen LogP contribution in [0.15, 0.2) is 0 Å². The molecule has 1 atom stereocenters. The Balaban J connectivity index is 2.32. The first kappa shape index (κ1) is 11.8. The molecule has 1 N–H and O–H groups in total. The van der Waals surface area contributed by atoms with Crippen molar-refractivity contribution >= 4 is 11.6 Å². The van der Waals surface area contributed by atoms with Crippen molar-refractivity contribution in [1.29, 1.82) is 5.26 Å². The highest BCUT2D eigenvalue weighted by Gasteiger charge is 2.25. The van der Waals surface area contributed by atoms with E-state index in [1.54, 1.807) is 0 Å². The summed E-state index contributed by atoms with van der Waals surface area (Å²) in [6, 6.07) is 2.63. The van der Waals surface area contributed by atoms with E-state index in [-0.39, 0.29) is 6.61 Å². The van der Waals surface area contributed by atoms with Gasteiger partial charge in [0.2, 0.25) is 0 Å². The van der Waals surface area contributed by atoms with Crippen LogP contribution in [0.25, 0.3) is 0 Å². The standard InChI is InChI=1S/C10H17ClN2O/c11-9(7-12)8-13(5-2-6-14)10-3-1-4-10/h9-10,14H,1-6,8H2. The molecule has 1 unspecified atom stereocenters. The van der Waals surface area contributed by atoms with Crippen molar-refractivity contribution in [3.05, 3.63) is 0 Å². The van der Waals surface area contributed by atoms with Crippen LogP contribution in [0.1, 0.15) is 25.7 Å². The third-order valence-electron chi connectivity index (χ3n) is 2.73. The molecular weight excluding hydrogens is 200 g/mol. The Labute approximate surface area is 90.3 Å². The third kappa shape index (κ3) is 3.45. The lowest BCUT2D eigenvalue weighted by molar-refractivity contribution is 0.120. The highest BCUT2D eigenvalue weighted by Crippen LogP contribution is 2.25. The number of aliphatic hydroxyl groups excluding tert-OH is 1. The topological polar surface area (TPSA) is 47.3 Å². The number of hydrogen-bond donors (Lipinski definition) is 1. The lowest BCUT2D eigenvalue weighted by Gasteiger charge is -2.37. The van der Waals surface area contributed by atoms with Crippen molar-refractivity contribution in [1.82, 2.24) is 4.90 Å². The number of alkyl halides is 1. The van der Waals surface area contributed by atoms with Gasteiger partial charge in [0.15, 0.2) is 0 Å². The van der Waals surface area contributed by atoms with Crippen LogP contribution in [0.5, 0.6) is 0 Å². The van der Waals surface area contributed by atoms with Gasteiger partial charge in [0, 0.05) is 25.7 Å². The Hall–Kier alpha value is -0.300. The maximum absolute atomic E-state index is 8.75. The molecule has 0 aromatic heterocycles. The quantitative estimate of drug-likeness (QED) is 0.682. The van der Waals surface area contributed by atoms with Crippen LogP contribution in [-0.4, -0.2) is 41.1 Å². The smallest absolute Gasteiger partial charge is 0.133 e. The molecule has 0 aromatic rings. The van der Waals surface area contributed by atoms with Crippen LogP contribution < -0.4 is 0 Å². The fraction of sp³-hybridized carbons (Fsp3) is 0.900. The minimum Gasteiger partial charge on any atom is -0.396 e. The maximum atomic E-state index is 8.75. The number of hydrogen-bond acceptors (Lipinski definition) is 3. The van der Waals surface area contributed by atoms with E-state index in [9.17, 15) is 0 Å². The Morgan fingerprint density at radius 1 is 1.57 bits per heavy atom. The molecule has 1 fully saturated rings. The average Bonchev–Trinajstić information content (AvgIpc) is 2.11. The summed E-state index contributed by atoms with van der Waals surface area (Å²) in [5.41, 5.74) is 0. The summed E-state index contributed by atoms with van der Waals surface area (Å²) >= 11 is 5.80. The summed E-state index contributed by atoms with van der Waals surface area (Å²) in [7, 11) is 0. The molecule has 1 aliphatic rings. The summed E-state index contributed by atoms with van der Waals surface area (Å²) < 4.78 is 0. The molecule has 14 heavy (non-hydrogen) atoms. The molecule has 80 valence electrons. The Bertz CT molecular complexity index is 201. The summed E-state index contributed by atoms with van der Waals surface area (Å²) in [5, 5.41) is 17.0. The van der Waals surface area contributed by atoms with Gasteiger partial charge in [0.25, 0.3) is 0 Å². The molecule has 3 nitrogen and oxygen atoms in total. The Morgan fingerprint density at radius 2 is 2.29 bits per heavy atom. The predicted molar refractivity (Wildman–Crippen MR) is 56.2 cm³/mol. The van der Waals surface area contributed by atoms with Gasteiger partial charge in [-0.2, -0.15) is 5.26 Å². The van der Waals surface area contributed by atoms with Crippen LogP contribution in [0.3, 0.4) is 0 Å². The van der Waals surface area contributed by atoms with Crippen molar-refractivity contribution in [2.24, 2.45) is 0 Å². The second kappa shape index (κ2) is 6.23. The first-order chi connectivity index (χ1) is 6.77. The van der Waals surface area contributed by atoms with Gasteiger partial charge >= 0.3 is 0 Å². The van der Waals surface area contributed by atoms with Crippen molar-refractivity contribution in [2.45, 2.75) is 37.1 Å². The van der Waals surface area contributed by atoms with Gasteiger partial charge in [0.05, 0.1) is 6.07 Å². The van der Waals surface area contributed by atoms with Gasteiger partial charge in [-0.3, -0.25) is 4.90 Å². The van der Waals surface area contributed by atoms with Crippen molar-refractivity contribution < 1.29 is 5.11 Å². The van der Waals surface area contributed by atoms with Crippen molar-refractivity contribution in [2.75, 3.05) is 19.7 Å². The highest BCUT2D eigenvalue weighted by atomic mass is 35.5. The van der Waals surface area contributed by atoms with E-state index in [2.05, 4.69) is 4.90 Å². The molecule has 0 bridgehead atoms. The molecule has 0 spiro atoms. The SMILES string of the molecule is N#CC(Cl)CN(CCCO)C1CCC1. The molecule has 0 amide bonds. The first-order valence-corrected chi connectivity index (χ1v) is 5.60. The molecule has 0 radical (unpaired) electrons. The van der Waals surface area contributed by atoms with E-state index < -0.39 is 5.38 Å². The third-order valence-corrected chi connectivity index (χ3v) is 2.97. The minimum atomic E-state index is -0.422. The zero-order valence-electron chi connectivity index (χ0n) is 8.32. The molecular formula is C10H17ClN2O. The largest absolute Gasteiger partial charge is 0.396 e. The van der Waals surface area contributed by atoms with E-state index in [0.29, 0.717) is 12.6 Å². The molecule has 1 aliphatic carbocycles. The van der Waals surface area contributed by atoms with Crippen molar-refractivity contribution in [3.63, 3.8) is 0 Å². The number of aliphatic hydroxyl groups is 1. The Morgan fingerprint density at radius 3 is 2.71 bits per heavy atom. The van der Waals surface area contributed by atoms with Gasteiger partial charge in [-0.15, -0.1) is 11.6 Å². The van der Waals surface area contributed by atoms with Crippen LogP contribution in [0, 0.1) is 11.3 Å². The molecule has 4 heteroatoms. The molecule has 1 rings (SSSR count). The number of halogens is 1. The van der Waals surface area contributed by atoms with Gasteiger partial charge in [-0.25, -0.2) is 0 Å². The number of nitrogens with zero attached hydrogens (tertiary/aromatic N) is 2. The summed E-state index contributed by atoms with van der Waals surface area (Å²) in [6.07, 6.45) is 4.46. The second-order valence-electron chi connectivity index (χ2n) is 3.75. The molecule has 0 aliphatic heterocycles. The molecule has 1 saturated carbocycles.